The molecule has 1 aliphatic rings. The summed E-state index contributed by atoms with van der Waals surface area (Å²) in [5.74, 6) is 0.701. The highest BCUT2D eigenvalue weighted by atomic mass is 15.0. The molecule has 0 aromatic heterocycles. The fourth-order valence-electron chi connectivity index (χ4n) is 1.26. The Morgan fingerprint density at radius 3 is 3.08 bits per heavy atom. The molecule has 0 spiro atoms. The zero-order valence-electron chi connectivity index (χ0n) is 6.75. The Kier molecular flexibility index (Phi) is 1.70. The Balaban J connectivity index is 2.47. The molecule has 1 aromatic carbocycles. The Labute approximate surface area is 71.3 Å². The fraction of sp³-hybridized carbons (Fsp3) is 0.222. The van der Waals surface area contributed by atoms with Crippen molar-refractivity contribution in [3.63, 3.8) is 0 Å². The van der Waals surface area contributed by atoms with Gasteiger partial charge in [0.25, 0.3) is 0 Å². The monoisotopic (exact) mass is 161 g/mol. The van der Waals surface area contributed by atoms with E-state index in [1.54, 1.807) is 0 Å². The maximum Gasteiger partial charge on any atom is 0.101 e. The number of nitrogens with two attached hydrogens (primary N) is 1. The lowest BCUT2D eigenvalue weighted by Gasteiger charge is -2.02. The van der Waals surface area contributed by atoms with E-state index in [4.69, 9.17) is 5.73 Å². The molecule has 0 amide bonds. The number of fused-ring (bicyclic) bond motifs is 1. The molecular formula is C9H11N3. The molecule has 0 unspecified atom stereocenters. The molecule has 1 aliphatic heterocycles. The molecule has 0 bridgehead atoms. The number of nitrogens with one attached hydrogen (secondary N) is 1. The third kappa shape index (κ3) is 1.25. The van der Waals surface area contributed by atoms with Crippen LogP contribution in [0.5, 0.6) is 0 Å². The summed E-state index contributed by atoms with van der Waals surface area (Å²) in [5, 5.41) is 3.26. The van der Waals surface area contributed by atoms with E-state index in [1.165, 1.54) is 0 Å². The first kappa shape index (κ1) is 7.16. The van der Waals surface area contributed by atoms with Gasteiger partial charge in [0.2, 0.25) is 0 Å². The van der Waals surface area contributed by atoms with Gasteiger partial charge >= 0.3 is 0 Å². The number of aliphatic imine (C=N–C) groups is 1. The third-order valence-electron chi connectivity index (χ3n) is 1.86. The average molecular weight is 161 g/mol. The van der Waals surface area contributed by atoms with E-state index in [9.17, 15) is 0 Å². The predicted molar refractivity (Wildman–Crippen MR) is 50.8 cm³/mol. The van der Waals surface area contributed by atoms with Crippen molar-refractivity contribution in [2.45, 2.75) is 6.42 Å². The molecule has 3 N–H and O–H groups in total. The molecule has 0 saturated heterocycles. The maximum absolute atomic E-state index is 5.66. The summed E-state index contributed by atoms with van der Waals surface area (Å²) in [6.45, 7) is 0.867. The second-order valence-corrected chi connectivity index (χ2v) is 2.80. The largest absolute Gasteiger partial charge is 0.387 e. The summed E-state index contributed by atoms with van der Waals surface area (Å²) in [6, 6.07) is 7.92. The quantitative estimate of drug-likeness (QED) is 0.605. The van der Waals surface area contributed by atoms with Gasteiger partial charge in [-0.2, -0.15) is 0 Å². The van der Waals surface area contributed by atoms with Crippen LogP contribution in [0.25, 0.3) is 0 Å². The molecule has 2 rings (SSSR count). The van der Waals surface area contributed by atoms with Crippen molar-refractivity contribution < 1.29 is 0 Å². The van der Waals surface area contributed by atoms with Crippen LogP contribution in [0.3, 0.4) is 0 Å². The number of hydrogen-bond acceptors (Lipinski definition) is 3. The first-order valence-electron chi connectivity index (χ1n) is 4.02. The average Bonchev–Trinajstić information content (AvgIpc) is 2.25. The molecule has 62 valence electrons. The predicted octanol–water partition coefficient (Wildman–Crippen LogP) is 1.49. The van der Waals surface area contributed by atoms with Crippen molar-refractivity contribution in [3.8, 4) is 0 Å². The molecule has 0 atom stereocenters. The fourth-order valence-corrected chi connectivity index (χ4v) is 1.26. The molecule has 1 heterocycles. The van der Waals surface area contributed by atoms with Crippen LogP contribution in [0.15, 0.2) is 29.3 Å². The maximum atomic E-state index is 5.66. The van der Waals surface area contributed by atoms with Crippen LogP contribution in [-0.2, 0) is 0 Å². The minimum atomic E-state index is 0.701. The van der Waals surface area contributed by atoms with Gasteiger partial charge in [0.1, 0.15) is 5.84 Å². The van der Waals surface area contributed by atoms with Gasteiger partial charge in [-0.25, -0.2) is 4.99 Å². The topological polar surface area (TPSA) is 50.4 Å². The van der Waals surface area contributed by atoms with Crippen molar-refractivity contribution in [3.05, 3.63) is 24.3 Å². The van der Waals surface area contributed by atoms with E-state index in [0.29, 0.717) is 5.84 Å². The van der Waals surface area contributed by atoms with Crippen LogP contribution < -0.4 is 11.1 Å². The molecule has 0 fully saturated rings. The Bertz CT molecular complexity index is 317. The standard InChI is InChI=1S/C9H11N3/c10-9-5-6-11-7-3-1-2-4-8(7)12-9/h1-4,11H,5-6H2,(H2,10,12). The van der Waals surface area contributed by atoms with E-state index < -0.39 is 0 Å². The summed E-state index contributed by atoms with van der Waals surface area (Å²) in [4.78, 5) is 4.27. The van der Waals surface area contributed by atoms with E-state index in [1.807, 2.05) is 24.3 Å². The van der Waals surface area contributed by atoms with E-state index in [2.05, 4.69) is 10.3 Å². The number of rotatable bonds is 0. The number of para-hydroxylation sites is 2. The zero-order valence-corrected chi connectivity index (χ0v) is 6.75. The first-order valence-corrected chi connectivity index (χ1v) is 4.02. The summed E-state index contributed by atoms with van der Waals surface area (Å²) in [6.07, 6.45) is 0.814. The Morgan fingerprint density at radius 1 is 1.33 bits per heavy atom. The molecule has 0 saturated carbocycles. The smallest absolute Gasteiger partial charge is 0.101 e. The van der Waals surface area contributed by atoms with Crippen LogP contribution in [0.4, 0.5) is 11.4 Å². The van der Waals surface area contributed by atoms with Gasteiger partial charge in [-0.15, -0.1) is 0 Å². The highest BCUT2D eigenvalue weighted by molar-refractivity contribution is 5.87. The second-order valence-electron chi connectivity index (χ2n) is 2.80. The van der Waals surface area contributed by atoms with Crippen molar-refractivity contribution >= 4 is 17.2 Å². The van der Waals surface area contributed by atoms with Crippen molar-refractivity contribution in [1.82, 2.24) is 0 Å². The molecule has 0 radical (unpaired) electrons. The van der Waals surface area contributed by atoms with Crippen LogP contribution in [-0.4, -0.2) is 12.4 Å². The lowest BCUT2D eigenvalue weighted by molar-refractivity contribution is 1.11. The van der Waals surface area contributed by atoms with Gasteiger partial charge < -0.3 is 11.1 Å². The molecule has 12 heavy (non-hydrogen) atoms. The highest BCUT2D eigenvalue weighted by Crippen LogP contribution is 2.25. The number of amidine groups is 1. The summed E-state index contributed by atoms with van der Waals surface area (Å²) in [7, 11) is 0. The first-order chi connectivity index (χ1) is 5.86. The SMILES string of the molecule is NC1=Nc2ccccc2NCC1. The van der Waals surface area contributed by atoms with Crippen molar-refractivity contribution in [2.75, 3.05) is 11.9 Å². The van der Waals surface area contributed by atoms with Gasteiger partial charge in [-0.1, -0.05) is 12.1 Å². The van der Waals surface area contributed by atoms with Gasteiger partial charge in [0, 0.05) is 13.0 Å². The third-order valence-corrected chi connectivity index (χ3v) is 1.86. The van der Waals surface area contributed by atoms with Gasteiger partial charge in [0.05, 0.1) is 11.4 Å². The summed E-state index contributed by atoms with van der Waals surface area (Å²) < 4.78 is 0. The molecule has 3 heteroatoms. The number of nitrogens with zero attached hydrogens (tertiary/aromatic N) is 1. The van der Waals surface area contributed by atoms with Crippen LogP contribution in [0, 0.1) is 0 Å². The van der Waals surface area contributed by atoms with E-state index in [0.717, 1.165) is 24.3 Å². The van der Waals surface area contributed by atoms with Crippen LogP contribution in [0.2, 0.25) is 0 Å². The minimum absolute atomic E-state index is 0.701. The van der Waals surface area contributed by atoms with Gasteiger partial charge in [-0.3, -0.25) is 0 Å². The van der Waals surface area contributed by atoms with Crippen molar-refractivity contribution in [1.29, 1.82) is 0 Å². The van der Waals surface area contributed by atoms with E-state index in [-0.39, 0.29) is 0 Å². The molecule has 1 aromatic rings. The number of anilines is 1. The second kappa shape index (κ2) is 2.85. The summed E-state index contributed by atoms with van der Waals surface area (Å²) in [5.41, 5.74) is 7.66. The summed E-state index contributed by atoms with van der Waals surface area (Å²) >= 11 is 0. The zero-order chi connectivity index (χ0) is 8.39. The van der Waals surface area contributed by atoms with Crippen LogP contribution >= 0.6 is 0 Å². The van der Waals surface area contributed by atoms with Crippen LogP contribution in [0.1, 0.15) is 6.42 Å². The number of benzene rings is 1. The highest BCUT2D eigenvalue weighted by Gasteiger charge is 2.04. The van der Waals surface area contributed by atoms with Gasteiger partial charge in [0.15, 0.2) is 0 Å². The Morgan fingerprint density at radius 2 is 2.17 bits per heavy atom. The van der Waals surface area contributed by atoms with Gasteiger partial charge in [-0.05, 0) is 12.1 Å². The molecule has 0 aliphatic carbocycles. The minimum Gasteiger partial charge on any atom is -0.387 e. The molecular weight excluding hydrogens is 150 g/mol. The molecule has 3 nitrogen and oxygen atoms in total. The lowest BCUT2D eigenvalue weighted by atomic mass is 10.3. The number of hydrogen-bond donors (Lipinski definition) is 2. The van der Waals surface area contributed by atoms with E-state index >= 15 is 0 Å². The normalized spacial score (nSPS) is 15.5. The Hall–Kier alpha value is -1.51. The van der Waals surface area contributed by atoms with Crippen molar-refractivity contribution in [2.24, 2.45) is 10.7 Å². The lowest BCUT2D eigenvalue weighted by Crippen LogP contribution is -2.13.